The Morgan fingerprint density at radius 2 is 2.24 bits per heavy atom. The quantitative estimate of drug-likeness (QED) is 0.673. The van der Waals surface area contributed by atoms with Crippen LogP contribution in [-0.2, 0) is 16.0 Å². The van der Waals surface area contributed by atoms with Crippen molar-refractivity contribution in [2.75, 3.05) is 26.7 Å². The van der Waals surface area contributed by atoms with Crippen LogP contribution in [0.5, 0.6) is 0 Å². The Morgan fingerprint density at radius 1 is 1.41 bits per heavy atom. The highest BCUT2D eigenvalue weighted by molar-refractivity contribution is 5.69. The minimum Gasteiger partial charge on any atom is -0.466 e. The highest BCUT2D eigenvalue weighted by Crippen LogP contribution is 1.97. The van der Waals surface area contributed by atoms with Gasteiger partial charge in [-0.15, -0.1) is 0 Å². The highest BCUT2D eigenvalue weighted by Gasteiger charge is 2.05. The zero-order chi connectivity index (χ0) is 12.5. The molecule has 1 heterocycles. The fourth-order valence-electron chi connectivity index (χ4n) is 1.48. The van der Waals surface area contributed by atoms with Crippen LogP contribution in [0.3, 0.4) is 0 Å². The number of likely N-dealkylation sites (N-methyl/N-ethyl adjacent to an activating group) is 1. The van der Waals surface area contributed by atoms with Crippen molar-refractivity contribution in [2.24, 2.45) is 0 Å². The maximum atomic E-state index is 11.2. The van der Waals surface area contributed by atoms with E-state index in [1.165, 1.54) is 0 Å². The summed E-state index contributed by atoms with van der Waals surface area (Å²) in [6.45, 7) is 3.90. The fourth-order valence-corrected chi connectivity index (χ4v) is 1.48. The van der Waals surface area contributed by atoms with E-state index in [9.17, 15) is 4.79 Å². The van der Waals surface area contributed by atoms with Gasteiger partial charge in [0.05, 0.1) is 13.0 Å². The molecular weight excluding hydrogens is 216 g/mol. The predicted octanol–water partition coefficient (Wildman–Crippen LogP) is 1.51. The summed E-state index contributed by atoms with van der Waals surface area (Å²) < 4.78 is 4.88. The summed E-state index contributed by atoms with van der Waals surface area (Å²) in [5, 5.41) is 0. The fraction of sp³-hybridized carbons (Fsp3) is 0.538. The number of nitrogens with zero attached hydrogens (tertiary/aromatic N) is 2. The van der Waals surface area contributed by atoms with Gasteiger partial charge in [0.15, 0.2) is 0 Å². The Bertz CT molecular complexity index is 327. The van der Waals surface area contributed by atoms with Crippen LogP contribution < -0.4 is 0 Å². The molecule has 0 aliphatic rings. The molecule has 0 spiro atoms. The first kappa shape index (κ1) is 13.6. The Labute approximate surface area is 103 Å². The van der Waals surface area contributed by atoms with E-state index in [-0.39, 0.29) is 5.97 Å². The lowest BCUT2D eigenvalue weighted by Gasteiger charge is -2.15. The molecular formula is C13H20N2O2. The minimum absolute atomic E-state index is 0.128. The van der Waals surface area contributed by atoms with Gasteiger partial charge < -0.3 is 9.64 Å². The summed E-state index contributed by atoms with van der Waals surface area (Å²) in [5.41, 5.74) is 1.08. The number of hydrogen-bond donors (Lipinski definition) is 0. The maximum Gasteiger partial charge on any atom is 0.307 e. The topological polar surface area (TPSA) is 42.4 Å². The number of aromatic nitrogens is 1. The van der Waals surface area contributed by atoms with E-state index in [1.54, 1.807) is 6.20 Å². The molecule has 0 bridgehead atoms. The molecule has 0 fully saturated rings. The Balaban J connectivity index is 2.17. The van der Waals surface area contributed by atoms with Gasteiger partial charge in [0.1, 0.15) is 0 Å². The van der Waals surface area contributed by atoms with Gasteiger partial charge in [-0.25, -0.2) is 0 Å². The minimum atomic E-state index is -0.128. The van der Waals surface area contributed by atoms with Crippen LogP contribution in [0, 0.1) is 0 Å². The largest absolute Gasteiger partial charge is 0.466 e. The number of carbonyl (C=O) groups is 1. The maximum absolute atomic E-state index is 11.2. The van der Waals surface area contributed by atoms with E-state index in [2.05, 4.69) is 9.88 Å². The summed E-state index contributed by atoms with van der Waals surface area (Å²) >= 11 is 0. The number of pyridine rings is 1. The lowest BCUT2D eigenvalue weighted by atomic mass is 10.2. The molecule has 0 N–H and O–H groups in total. The van der Waals surface area contributed by atoms with Crippen molar-refractivity contribution >= 4 is 5.97 Å². The third kappa shape index (κ3) is 6.02. The van der Waals surface area contributed by atoms with E-state index >= 15 is 0 Å². The summed E-state index contributed by atoms with van der Waals surface area (Å²) in [5.74, 6) is -0.128. The van der Waals surface area contributed by atoms with Crippen LogP contribution >= 0.6 is 0 Å². The molecule has 4 nitrogen and oxygen atoms in total. The molecule has 0 saturated carbocycles. The van der Waals surface area contributed by atoms with Crippen molar-refractivity contribution in [1.29, 1.82) is 0 Å². The Morgan fingerprint density at radius 3 is 2.88 bits per heavy atom. The van der Waals surface area contributed by atoms with Gasteiger partial charge in [-0.05, 0) is 26.1 Å². The molecule has 94 valence electrons. The molecule has 1 aromatic rings. The van der Waals surface area contributed by atoms with E-state index in [0.717, 1.165) is 25.2 Å². The first-order valence-electron chi connectivity index (χ1n) is 5.96. The molecule has 0 unspecified atom stereocenters. The van der Waals surface area contributed by atoms with Gasteiger partial charge in [-0.2, -0.15) is 0 Å². The zero-order valence-corrected chi connectivity index (χ0v) is 10.6. The monoisotopic (exact) mass is 236 g/mol. The summed E-state index contributed by atoms with van der Waals surface area (Å²) in [7, 11) is 2.00. The molecule has 0 aliphatic heterocycles. The molecule has 0 atom stereocenters. The summed E-state index contributed by atoms with van der Waals surface area (Å²) in [6.07, 6.45) is 3.15. The number of hydrogen-bond acceptors (Lipinski definition) is 4. The highest BCUT2D eigenvalue weighted by atomic mass is 16.5. The molecule has 0 aromatic carbocycles. The first-order chi connectivity index (χ1) is 8.22. The summed E-state index contributed by atoms with van der Waals surface area (Å²) in [6, 6.07) is 5.91. The van der Waals surface area contributed by atoms with Gasteiger partial charge in [-0.3, -0.25) is 9.78 Å². The molecule has 0 amide bonds. The van der Waals surface area contributed by atoms with Crippen molar-refractivity contribution < 1.29 is 9.53 Å². The molecule has 1 aromatic heterocycles. The number of rotatable bonds is 7. The van der Waals surface area contributed by atoms with Gasteiger partial charge in [-0.1, -0.05) is 6.07 Å². The predicted molar refractivity (Wildman–Crippen MR) is 66.7 cm³/mol. The molecule has 1 rings (SSSR count). The molecule has 17 heavy (non-hydrogen) atoms. The Hall–Kier alpha value is -1.42. The molecule has 0 saturated heterocycles. The first-order valence-corrected chi connectivity index (χ1v) is 5.96. The van der Waals surface area contributed by atoms with Gasteiger partial charge >= 0.3 is 5.97 Å². The normalized spacial score (nSPS) is 10.5. The second-order valence-electron chi connectivity index (χ2n) is 3.93. The third-order valence-electron chi connectivity index (χ3n) is 2.48. The average molecular weight is 236 g/mol. The van der Waals surface area contributed by atoms with Crippen molar-refractivity contribution in [3.63, 3.8) is 0 Å². The zero-order valence-electron chi connectivity index (χ0n) is 10.6. The molecule has 4 heteroatoms. The molecule has 0 radical (unpaired) electrons. The molecule has 0 aliphatic carbocycles. The van der Waals surface area contributed by atoms with Crippen LogP contribution in [0.2, 0.25) is 0 Å². The smallest absolute Gasteiger partial charge is 0.307 e. The van der Waals surface area contributed by atoms with Gasteiger partial charge in [0.2, 0.25) is 0 Å². The van der Waals surface area contributed by atoms with Gasteiger partial charge in [0.25, 0.3) is 0 Å². The van der Waals surface area contributed by atoms with Crippen molar-refractivity contribution in [3.05, 3.63) is 30.1 Å². The van der Waals surface area contributed by atoms with E-state index < -0.39 is 0 Å². The second-order valence-corrected chi connectivity index (χ2v) is 3.93. The lowest BCUT2D eigenvalue weighted by molar-refractivity contribution is -0.143. The van der Waals surface area contributed by atoms with Crippen molar-refractivity contribution in [1.82, 2.24) is 9.88 Å². The van der Waals surface area contributed by atoms with Crippen LogP contribution in [0.1, 0.15) is 19.0 Å². The second kappa shape index (κ2) is 7.79. The van der Waals surface area contributed by atoms with E-state index in [0.29, 0.717) is 13.0 Å². The average Bonchev–Trinajstić information content (AvgIpc) is 2.35. The van der Waals surface area contributed by atoms with E-state index in [4.69, 9.17) is 4.74 Å². The number of ether oxygens (including phenoxy) is 1. The third-order valence-corrected chi connectivity index (χ3v) is 2.48. The van der Waals surface area contributed by atoms with Crippen LogP contribution in [-0.4, -0.2) is 42.6 Å². The standard InChI is InChI=1S/C13H20N2O2/c1-3-17-13(16)8-11-15(2)10-7-12-6-4-5-9-14-12/h4-6,9H,3,7-8,10-11H2,1-2H3. The SMILES string of the molecule is CCOC(=O)CCN(C)CCc1ccccn1. The van der Waals surface area contributed by atoms with Crippen LogP contribution in [0.4, 0.5) is 0 Å². The lowest BCUT2D eigenvalue weighted by Crippen LogP contribution is -2.25. The van der Waals surface area contributed by atoms with Crippen molar-refractivity contribution in [3.8, 4) is 0 Å². The van der Waals surface area contributed by atoms with Crippen molar-refractivity contribution in [2.45, 2.75) is 19.8 Å². The Kier molecular flexibility index (Phi) is 6.25. The van der Waals surface area contributed by atoms with Gasteiger partial charge in [0, 0.05) is 31.4 Å². The van der Waals surface area contributed by atoms with E-state index in [1.807, 2.05) is 32.2 Å². The van der Waals surface area contributed by atoms with Crippen LogP contribution in [0.15, 0.2) is 24.4 Å². The van der Waals surface area contributed by atoms with Crippen LogP contribution in [0.25, 0.3) is 0 Å². The number of esters is 1. The summed E-state index contributed by atoms with van der Waals surface area (Å²) in [4.78, 5) is 17.5. The number of carbonyl (C=O) groups excluding carboxylic acids is 1.